The van der Waals surface area contributed by atoms with Gasteiger partial charge in [0.2, 0.25) is 5.91 Å². The van der Waals surface area contributed by atoms with Crippen LogP contribution >= 0.6 is 23.3 Å². The van der Waals surface area contributed by atoms with E-state index in [-0.39, 0.29) is 12.5 Å². The largest absolute Gasteiger partial charge is 0.378 e. The second-order valence-electron chi connectivity index (χ2n) is 4.40. The minimum atomic E-state index is 0.0320. The third-order valence-electron chi connectivity index (χ3n) is 3.16. The van der Waals surface area contributed by atoms with Gasteiger partial charge in [0.05, 0.1) is 42.2 Å². The first-order valence-corrected chi connectivity index (χ1v) is 7.36. The lowest BCUT2D eigenvalue weighted by molar-refractivity contribution is -0.133. The molecule has 6 nitrogen and oxygen atoms in total. The summed E-state index contributed by atoms with van der Waals surface area (Å²) in [5.41, 5.74) is 2.15. The van der Waals surface area contributed by atoms with Crippen molar-refractivity contribution >= 4 is 46.0 Å². The fraction of sp³-hybridized carbons (Fsp3) is 0.417. The van der Waals surface area contributed by atoms with E-state index in [9.17, 15) is 4.79 Å². The molecule has 0 aliphatic carbocycles. The van der Waals surface area contributed by atoms with Crippen molar-refractivity contribution < 1.29 is 9.53 Å². The summed E-state index contributed by atoms with van der Waals surface area (Å²) in [5, 5.41) is 3.62. The van der Waals surface area contributed by atoms with E-state index in [0.717, 1.165) is 17.2 Å². The van der Waals surface area contributed by atoms with Crippen LogP contribution in [0.25, 0.3) is 11.0 Å². The number of rotatable bonds is 3. The molecule has 1 aromatic heterocycles. The Morgan fingerprint density at radius 3 is 3.00 bits per heavy atom. The summed E-state index contributed by atoms with van der Waals surface area (Å²) in [6, 6.07) is 3.57. The second kappa shape index (κ2) is 5.90. The Morgan fingerprint density at radius 1 is 1.40 bits per heavy atom. The van der Waals surface area contributed by atoms with Crippen LogP contribution in [0.2, 0.25) is 5.02 Å². The van der Waals surface area contributed by atoms with Gasteiger partial charge in [-0.2, -0.15) is 8.75 Å². The number of carbonyl (C=O) groups excluding carboxylic acids is 1. The molecule has 1 amide bonds. The summed E-state index contributed by atoms with van der Waals surface area (Å²) >= 11 is 7.29. The molecule has 106 valence electrons. The summed E-state index contributed by atoms with van der Waals surface area (Å²) in [4.78, 5) is 13.9. The zero-order valence-corrected chi connectivity index (χ0v) is 12.2. The van der Waals surface area contributed by atoms with Crippen LogP contribution in [0.1, 0.15) is 0 Å². The first-order valence-electron chi connectivity index (χ1n) is 6.26. The van der Waals surface area contributed by atoms with Crippen molar-refractivity contribution in [1.82, 2.24) is 13.6 Å². The Kier molecular flexibility index (Phi) is 4.00. The maximum Gasteiger partial charge on any atom is 0.242 e. The summed E-state index contributed by atoms with van der Waals surface area (Å²) in [5.74, 6) is 0.0320. The third kappa shape index (κ3) is 2.70. The molecule has 0 spiro atoms. The lowest BCUT2D eigenvalue weighted by atomic mass is 10.2. The van der Waals surface area contributed by atoms with E-state index in [2.05, 4.69) is 14.1 Å². The van der Waals surface area contributed by atoms with Crippen molar-refractivity contribution in [3.8, 4) is 0 Å². The Bertz CT molecular complexity index is 627. The van der Waals surface area contributed by atoms with Gasteiger partial charge in [-0.1, -0.05) is 11.6 Å². The molecular weight excluding hydrogens is 300 g/mol. The van der Waals surface area contributed by atoms with E-state index in [0.29, 0.717) is 42.5 Å². The first-order chi connectivity index (χ1) is 9.75. The molecule has 0 unspecified atom stereocenters. The standard InChI is InChI=1S/C12H13ClN4O2S/c13-8-1-2-9-12(16-20-15-9)11(8)14-7-10(18)17-3-5-19-6-4-17/h1-2,14H,3-7H2. The average molecular weight is 313 g/mol. The zero-order chi connectivity index (χ0) is 13.9. The number of carbonyl (C=O) groups is 1. The number of ether oxygens (including phenoxy) is 1. The van der Waals surface area contributed by atoms with Gasteiger partial charge < -0.3 is 15.0 Å². The Labute approximate surface area is 125 Å². The van der Waals surface area contributed by atoms with Crippen molar-refractivity contribution in [3.05, 3.63) is 17.2 Å². The number of fused-ring (bicyclic) bond motifs is 1. The van der Waals surface area contributed by atoms with Gasteiger partial charge in [-0.3, -0.25) is 4.79 Å². The highest BCUT2D eigenvalue weighted by Gasteiger charge is 2.17. The number of nitrogens with zero attached hydrogens (tertiary/aromatic N) is 3. The number of nitrogens with one attached hydrogen (secondary N) is 1. The predicted octanol–water partition coefficient (Wildman–Crippen LogP) is 1.62. The Balaban J connectivity index is 1.71. The highest BCUT2D eigenvalue weighted by Crippen LogP contribution is 2.29. The van der Waals surface area contributed by atoms with Crippen LogP contribution in [-0.2, 0) is 9.53 Å². The molecule has 1 aromatic carbocycles. The number of anilines is 1. The highest BCUT2D eigenvalue weighted by atomic mass is 35.5. The molecule has 2 aromatic rings. The van der Waals surface area contributed by atoms with Gasteiger partial charge in [0.25, 0.3) is 0 Å². The lowest BCUT2D eigenvalue weighted by Crippen LogP contribution is -2.43. The average Bonchev–Trinajstić information content (AvgIpc) is 2.95. The number of hydrogen-bond acceptors (Lipinski definition) is 6. The van der Waals surface area contributed by atoms with Gasteiger partial charge in [0.15, 0.2) is 0 Å². The molecular formula is C12H13ClN4O2S. The predicted molar refractivity (Wildman–Crippen MR) is 78.3 cm³/mol. The second-order valence-corrected chi connectivity index (χ2v) is 5.34. The maximum absolute atomic E-state index is 12.1. The van der Waals surface area contributed by atoms with Gasteiger partial charge in [-0.25, -0.2) is 0 Å². The Morgan fingerprint density at radius 2 is 2.20 bits per heavy atom. The number of hydrogen-bond donors (Lipinski definition) is 1. The third-order valence-corrected chi connectivity index (χ3v) is 4.01. The molecule has 0 saturated carbocycles. The van der Waals surface area contributed by atoms with E-state index in [1.165, 1.54) is 0 Å². The Hall–Kier alpha value is -1.44. The SMILES string of the molecule is O=C(CNc1c(Cl)ccc2nsnc12)N1CCOCC1. The van der Waals surface area contributed by atoms with E-state index in [4.69, 9.17) is 16.3 Å². The van der Waals surface area contributed by atoms with Gasteiger partial charge in [0, 0.05) is 13.1 Å². The fourth-order valence-electron chi connectivity index (χ4n) is 2.08. The molecule has 1 saturated heterocycles. The molecule has 20 heavy (non-hydrogen) atoms. The first kappa shape index (κ1) is 13.5. The van der Waals surface area contributed by atoms with Crippen molar-refractivity contribution in [2.24, 2.45) is 0 Å². The maximum atomic E-state index is 12.1. The smallest absolute Gasteiger partial charge is 0.242 e. The van der Waals surface area contributed by atoms with Crippen LogP contribution in [0.4, 0.5) is 5.69 Å². The molecule has 2 heterocycles. The van der Waals surface area contributed by atoms with Crippen molar-refractivity contribution in [3.63, 3.8) is 0 Å². The molecule has 1 aliphatic rings. The fourth-order valence-corrected chi connectivity index (χ4v) is 2.85. The van der Waals surface area contributed by atoms with E-state index >= 15 is 0 Å². The molecule has 0 atom stereocenters. The number of benzene rings is 1. The number of aromatic nitrogens is 2. The number of halogens is 1. The van der Waals surface area contributed by atoms with Crippen LogP contribution in [0, 0.1) is 0 Å². The molecule has 1 N–H and O–H groups in total. The molecule has 8 heteroatoms. The van der Waals surface area contributed by atoms with Crippen LogP contribution in [0.3, 0.4) is 0 Å². The van der Waals surface area contributed by atoms with Gasteiger partial charge in [-0.05, 0) is 12.1 Å². The number of morpholine rings is 1. The van der Waals surface area contributed by atoms with E-state index in [1.807, 2.05) is 6.07 Å². The summed E-state index contributed by atoms with van der Waals surface area (Å²) < 4.78 is 13.6. The van der Waals surface area contributed by atoms with Gasteiger partial charge >= 0.3 is 0 Å². The van der Waals surface area contributed by atoms with Crippen LogP contribution in [0.15, 0.2) is 12.1 Å². The minimum absolute atomic E-state index is 0.0320. The summed E-state index contributed by atoms with van der Waals surface area (Å²) in [6.45, 7) is 2.65. The molecule has 1 aliphatic heterocycles. The zero-order valence-electron chi connectivity index (χ0n) is 10.6. The topological polar surface area (TPSA) is 67.4 Å². The quantitative estimate of drug-likeness (QED) is 0.932. The van der Waals surface area contributed by atoms with Gasteiger partial charge in [-0.15, -0.1) is 0 Å². The molecule has 0 bridgehead atoms. The molecule has 1 fully saturated rings. The van der Waals surface area contributed by atoms with E-state index in [1.54, 1.807) is 11.0 Å². The summed E-state index contributed by atoms with van der Waals surface area (Å²) in [7, 11) is 0. The normalized spacial score (nSPS) is 15.6. The molecule has 3 rings (SSSR count). The van der Waals surface area contributed by atoms with Crippen molar-refractivity contribution in [2.45, 2.75) is 0 Å². The highest BCUT2D eigenvalue weighted by molar-refractivity contribution is 7.00. The van der Waals surface area contributed by atoms with Crippen LogP contribution in [0.5, 0.6) is 0 Å². The van der Waals surface area contributed by atoms with Gasteiger partial charge in [0.1, 0.15) is 11.0 Å². The lowest BCUT2D eigenvalue weighted by Gasteiger charge is -2.27. The number of amides is 1. The molecule has 0 radical (unpaired) electrons. The summed E-state index contributed by atoms with van der Waals surface area (Å²) in [6.07, 6.45) is 0. The van der Waals surface area contributed by atoms with Crippen molar-refractivity contribution in [2.75, 3.05) is 38.2 Å². The van der Waals surface area contributed by atoms with E-state index < -0.39 is 0 Å². The van der Waals surface area contributed by atoms with Crippen LogP contribution in [-0.4, -0.2) is 52.4 Å². The van der Waals surface area contributed by atoms with Crippen LogP contribution < -0.4 is 5.32 Å². The minimum Gasteiger partial charge on any atom is -0.378 e. The van der Waals surface area contributed by atoms with Crippen molar-refractivity contribution in [1.29, 1.82) is 0 Å². The monoisotopic (exact) mass is 312 g/mol.